The minimum absolute atomic E-state index is 0.0494. The summed E-state index contributed by atoms with van der Waals surface area (Å²) >= 11 is 12.1. The molecule has 0 spiro atoms. The maximum absolute atomic E-state index is 9.52. The van der Waals surface area contributed by atoms with Crippen LogP contribution in [0.25, 0.3) is 11.6 Å². The highest BCUT2D eigenvalue weighted by Crippen LogP contribution is 2.35. The van der Waals surface area contributed by atoms with Gasteiger partial charge in [0.25, 0.3) is 0 Å². The molecule has 128 valence electrons. The summed E-state index contributed by atoms with van der Waals surface area (Å²) in [6, 6.07) is 7.01. The maximum atomic E-state index is 9.52. The van der Waals surface area contributed by atoms with E-state index in [1.54, 1.807) is 6.07 Å². The fraction of sp³-hybridized carbons (Fsp3) is 0.188. The Labute approximate surface area is 154 Å². The van der Waals surface area contributed by atoms with Gasteiger partial charge in [-0.3, -0.25) is 0 Å². The van der Waals surface area contributed by atoms with Gasteiger partial charge in [0.15, 0.2) is 0 Å². The average Bonchev–Trinajstić information content (AvgIpc) is 2.88. The van der Waals surface area contributed by atoms with Crippen LogP contribution in [-0.4, -0.2) is 28.6 Å². The number of nitrogen functional groups attached to an aromatic ring is 1. The van der Waals surface area contributed by atoms with Crippen molar-refractivity contribution in [1.82, 2.24) is 9.78 Å². The van der Waals surface area contributed by atoms with Crippen LogP contribution in [0.1, 0.15) is 16.8 Å². The number of halogens is 2. The zero-order valence-corrected chi connectivity index (χ0v) is 14.6. The number of aliphatic hydroxyl groups excluding tert-OH is 1. The van der Waals surface area contributed by atoms with Gasteiger partial charge in [-0.15, -0.1) is 0 Å². The lowest BCUT2D eigenvalue weighted by Crippen LogP contribution is -2.07. The Balaban J connectivity index is 2.67. The molecule has 3 N–H and O–H groups in total. The maximum Gasteiger partial charge on any atom is 0.144 e. The van der Waals surface area contributed by atoms with Crippen LogP contribution in [-0.2, 0) is 6.54 Å². The summed E-state index contributed by atoms with van der Waals surface area (Å²) < 4.78 is 6.51. The van der Waals surface area contributed by atoms with E-state index in [1.807, 2.05) is 12.1 Å². The molecule has 0 fully saturated rings. The van der Waals surface area contributed by atoms with Crippen molar-refractivity contribution in [2.45, 2.75) is 6.54 Å². The van der Waals surface area contributed by atoms with Crippen molar-refractivity contribution >= 4 is 40.7 Å². The van der Waals surface area contributed by atoms with Crippen LogP contribution in [0, 0.1) is 22.7 Å². The van der Waals surface area contributed by atoms with Gasteiger partial charge in [-0.25, -0.2) is 4.68 Å². The second-order valence-electron chi connectivity index (χ2n) is 4.85. The van der Waals surface area contributed by atoms with Gasteiger partial charge in [-0.05, 0) is 18.2 Å². The summed E-state index contributed by atoms with van der Waals surface area (Å²) in [5, 5.41) is 32.7. The number of aliphatic hydroxyl groups is 1. The fourth-order valence-corrected chi connectivity index (χ4v) is 2.84. The first-order valence-electron chi connectivity index (χ1n) is 6.99. The molecule has 1 aromatic carbocycles. The molecule has 0 amide bonds. The highest BCUT2D eigenvalue weighted by molar-refractivity contribution is 6.36. The van der Waals surface area contributed by atoms with E-state index in [0.29, 0.717) is 16.3 Å². The van der Waals surface area contributed by atoms with E-state index in [2.05, 4.69) is 5.10 Å². The largest absolute Gasteiger partial charge is 0.495 e. The van der Waals surface area contributed by atoms with Crippen molar-refractivity contribution < 1.29 is 9.84 Å². The summed E-state index contributed by atoms with van der Waals surface area (Å²) in [7, 11) is 1.44. The first-order chi connectivity index (χ1) is 12.0. The summed E-state index contributed by atoms with van der Waals surface area (Å²) in [5.74, 6) is 0.406. The normalized spacial score (nSPS) is 11.0. The third-order valence-corrected chi connectivity index (χ3v) is 3.83. The first kappa shape index (κ1) is 18.6. The van der Waals surface area contributed by atoms with Crippen LogP contribution in [0.2, 0.25) is 10.0 Å². The summed E-state index contributed by atoms with van der Waals surface area (Å²) in [4.78, 5) is 0. The van der Waals surface area contributed by atoms with E-state index in [4.69, 9.17) is 38.8 Å². The van der Waals surface area contributed by atoms with Gasteiger partial charge in [-0.2, -0.15) is 15.6 Å². The molecule has 2 aromatic rings. The fourth-order valence-electron chi connectivity index (χ4n) is 2.25. The number of aromatic nitrogens is 2. The van der Waals surface area contributed by atoms with Crippen molar-refractivity contribution in [3.8, 4) is 17.9 Å². The van der Waals surface area contributed by atoms with Crippen LogP contribution in [0.5, 0.6) is 5.75 Å². The van der Waals surface area contributed by atoms with E-state index in [-0.39, 0.29) is 40.8 Å². The summed E-state index contributed by atoms with van der Waals surface area (Å²) in [6.07, 6.45) is 1.46. The van der Waals surface area contributed by atoms with E-state index in [1.165, 1.54) is 23.9 Å². The second kappa shape index (κ2) is 7.91. The van der Waals surface area contributed by atoms with Crippen molar-refractivity contribution in [2.24, 2.45) is 0 Å². The highest BCUT2D eigenvalue weighted by atomic mass is 35.5. The number of benzene rings is 1. The van der Waals surface area contributed by atoms with Gasteiger partial charge < -0.3 is 15.6 Å². The standard InChI is InChI=1S/C16H13Cl2N5O2/c1-25-15-9(5-11(17)6-13(15)18)4-10(7-19)14-12(8-20)16(21)23(22-14)2-3-24/h4-6,24H,2-3,21H2,1H3. The third-order valence-electron chi connectivity index (χ3n) is 3.33. The van der Waals surface area contributed by atoms with Gasteiger partial charge in [0.2, 0.25) is 0 Å². The van der Waals surface area contributed by atoms with Crippen LogP contribution in [0.15, 0.2) is 12.1 Å². The molecule has 0 aliphatic rings. The van der Waals surface area contributed by atoms with E-state index in [0.717, 1.165) is 0 Å². The molecular weight excluding hydrogens is 365 g/mol. The van der Waals surface area contributed by atoms with E-state index in [9.17, 15) is 10.5 Å². The molecule has 0 bridgehead atoms. The molecule has 1 aromatic heterocycles. The predicted octanol–water partition coefficient (Wildman–Crippen LogP) is 2.71. The van der Waals surface area contributed by atoms with E-state index < -0.39 is 0 Å². The predicted molar refractivity (Wildman–Crippen MR) is 94.9 cm³/mol. The number of hydrogen-bond acceptors (Lipinski definition) is 6. The first-order valence-corrected chi connectivity index (χ1v) is 7.74. The molecule has 0 aliphatic heterocycles. The van der Waals surface area contributed by atoms with Crippen LogP contribution in [0.4, 0.5) is 5.82 Å². The van der Waals surface area contributed by atoms with Crippen LogP contribution >= 0.6 is 23.2 Å². The molecule has 0 saturated heterocycles. The van der Waals surface area contributed by atoms with Crippen LogP contribution in [0.3, 0.4) is 0 Å². The molecule has 7 nitrogen and oxygen atoms in total. The zero-order chi connectivity index (χ0) is 18.6. The lowest BCUT2D eigenvalue weighted by Gasteiger charge is -2.08. The van der Waals surface area contributed by atoms with Crippen LogP contribution < -0.4 is 10.5 Å². The van der Waals surface area contributed by atoms with Crippen molar-refractivity contribution in [3.05, 3.63) is 39.0 Å². The van der Waals surface area contributed by atoms with Gasteiger partial charge in [-0.1, -0.05) is 23.2 Å². The van der Waals surface area contributed by atoms with Gasteiger partial charge in [0.05, 0.1) is 30.9 Å². The molecule has 1 heterocycles. The monoisotopic (exact) mass is 377 g/mol. The quantitative estimate of drug-likeness (QED) is 0.772. The SMILES string of the molecule is COc1c(Cl)cc(Cl)cc1C=C(C#N)c1nn(CCO)c(N)c1C#N. The number of methoxy groups -OCH3 is 1. The number of rotatable bonds is 5. The molecule has 0 atom stereocenters. The molecule has 0 saturated carbocycles. The Morgan fingerprint density at radius 2 is 2.16 bits per heavy atom. The second-order valence-corrected chi connectivity index (χ2v) is 5.69. The Morgan fingerprint density at radius 1 is 1.44 bits per heavy atom. The molecular formula is C16H13Cl2N5O2. The molecule has 0 aliphatic carbocycles. The number of hydrogen-bond donors (Lipinski definition) is 2. The number of nitrogens with zero attached hydrogens (tertiary/aromatic N) is 4. The highest BCUT2D eigenvalue weighted by Gasteiger charge is 2.19. The molecule has 2 rings (SSSR count). The number of ether oxygens (including phenoxy) is 1. The van der Waals surface area contributed by atoms with Gasteiger partial charge in [0, 0.05) is 10.6 Å². The Bertz CT molecular complexity index is 922. The molecule has 0 unspecified atom stereocenters. The average molecular weight is 378 g/mol. The minimum atomic E-state index is -0.209. The number of allylic oxidation sites excluding steroid dienone is 1. The summed E-state index contributed by atoms with van der Waals surface area (Å²) in [6.45, 7) is -0.106. The number of nitrogens with two attached hydrogens (primary N) is 1. The molecule has 25 heavy (non-hydrogen) atoms. The van der Waals surface area contributed by atoms with Gasteiger partial charge in [0.1, 0.15) is 35.0 Å². The minimum Gasteiger partial charge on any atom is -0.495 e. The molecule has 9 heteroatoms. The van der Waals surface area contributed by atoms with Crippen molar-refractivity contribution in [3.63, 3.8) is 0 Å². The van der Waals surface area contributed by atoms with Gasteiger partial charge >= 0.3 is 0 Å². The number of nitriles is 2. The Hall–Kier alpha value is -2.71. The lowest BCUT2D eigenvalue weighted by molar-refractivity contribution is 0.270. The Morgan fingerprint density at radius 3 is 2.72 bits per heavy atom. The van der Waals surface area contributed by atoms with E-state index >= 15 is 0 Å². The van der Waals surface area contributed by atoms with Crippen molar-refractivity contribution in [1.29, 1.82) is 10.5 Å². The number of anilines is 1. The smallest absolute Gasteiger partial charge is 0.144 e. The van der Waals surface area contributed by atoms with Crippen molar-refractivity contribution in [2.75, 3.05) is 19.5 Å². The molecule has 0 radical (unpaired) electrons. The zero-order valence-electron chi connectivity index (χ0n) is 13.1. The lowest BCUT2D eigenvalue weighted by atomic mass is 10.1. The third kappa shape index (κ3) is 3.70. The summed E-state index contributed by atoms with van der Waals surface area (Å²) in [5.41, 5.74) is 6.54. The topological polar surface area (TPSA) is 121 Å². The Kier molecular flexibility index (Phi) is 5.89.